The largest absolute Gasteiger partial charge is 0.0775 e. The van der Waals surface area contributed by atoms with Crippen molar-refractivity contribution in [2.24, 2.45) is 0 Å². The third-order valence-corrected chi connectivity index (χ3v) is 9.18. The highest BCUT2D eigenvalue weighted by molar-refractivity contribution is 6.89. The molecule has 0 bridgehead atoms. The van der Waals surface area contributed by atoms with Crippen molar-refractivity contribution in [3.63, 3.8) is 0 Å². The highest BCUT2D eigenvalue weighted by atomic mass is 28.3. The molecule has 0 saturated heterocycles. The Morgan fingerprint density at radius 3 is 0.731 bits per heavy atom. The summed E-state index contributed by atoms with van der Waals surface area (Å²) in [4.78, 5) is 0. The fourth-order valence-corrected chi connectivity index (χ4v) is 5.51. The van der Waals surface area contributed by atoms with E-state index < -0.39 is 16.1 Å². The summed E-state index contributed by atoms with van der Waals surface area (Å²) < 4.78 is 0. The Morgan fingerprint density at radius 1 is 0.346 bits per heavy atom. The van der Waals surface area contributed by atoms with E-state index in [1.54, 1.807) is 0 Å². The van der Waals surface area contributed by atoms with E-state index in [9.17, 15) is 0 Å². The average Bonchev–Trinajstić information content (AvgIpc) is 2.61. The molecule has 0 spiro atoms. The van der Waals surface area contributed by atoms with Gasteiger partial charge in [0.05, 0.1) is 16.1 Å². The van der Waals surface area contributed by atoms with Crippen LogP contribution in [0.3, 0.4) is 0 Å². The van der Waals surface area contributed by atoms with Gasteiger partial charge in [-0.15, -0.1) is 0 Å². The molecule has 2 heteroatoms. The van der Waals surface area contributed by atoms with Gasteiger partial charge in [-0.3, -0.25) is 0 Å². The third kappa shape index (κ3) is 4.25. The fraction of sp³-hybridized carbons (Fsp3) is 0.250. The molecular weight excluding hydrogens is 344 g/mol. The van der Waals surface area contributed by atoms with E-state index in [-0.39, 0.29) is 0 Å². The van der Waals surface area contributed by atoms with Crippen LogP contribution in [-0.4, -0.2) is 16.1 Å². The Labute approximate surface area is 160 Å². The van der Waals surface area contributed by atoms with Gasteiger partial charge >= 0.3 is 0 Å². The molecule has 0 nitrogen and oxygen atoms in total. The highest BCUT2D eigenvalue weighted by Gasteiger charge is 2.16. The Bertz CT molecular complexity index is 783. The van der Waals surface area contributed by atoms with Gasteiger partial charge in [0.25, 0.3) is 0 Å². The van der Waals surface area contributed by atoms with Crippen LogP contribution in [-0.2, 0) is 0 Å². The summed E-state index contributed by atoms with van der Waals surface area (Å²) in [5, 5.41) is 3.03. The molecule has 0 radical (unpaired) electrons. The number of hydrogen-bond donors (Lipinski definition) is 0. The maximum absolute atomic E-state index is 2.39. The normalized spacial score (nSPS) is 12.2. The molecular formula is C24H30Si2. The molecule has 3 aromatic carbocycles. The van der Waals surface area contributed by atoms with Crippen LogP contribution in [0.4, 0.5) is 0 Å². The molecule has 0 aliphatic heterocycles. The molecule has 0 fully saturated rings. The standard InChI is InChI=1S/C24H30Si2/c1-25(2,3)23-15-11-21(12-16-23)19-7-9-20(10-8-19)22-13-17-24(18-14-22)26(4,5)6/h7-18H,1-6H3. The van der Waals surface area contributed by atoms with Crippen LogP contribution in [0.25, 0.3) is 22.3 Å². The smallest absolute Gasteiger partial charge is 0.0656 e. The predicted octanol–water partition coefficient (Wildman–Crippen LogP) is 6.11. The second-order valence-corrected chi connectivity index (χ2v) is 19.4. The van der Waals surface area contributed by atoms with Crippen LogP contribution < -0.4 is 10.4 Å². The highest BCUT2D eigenvalue weighted by Crippen LogP contribution is 2.24. The lowest BCUT2D eigenvalue weighted by atomic mass is 10.0. The number of hydrogen-bond acceptors (Lipinski definition) is 0. The summed E-state index contributed by atoms with van der Waals surface area (Å²) in [5.41, 5.74) is 5.17. The van der Waals surface area contributed by atoms with E-state index in [1.807, 2.05) is 0 Å². The zero-order chi connectivity index (χ0) is 18.9. The number of rotatable bonds is 4. The van der Waals surface area contributed by atoms with Crippen molar-refractivity contribution < 1.29 is 0 Å². The summed E-state index contributed by atoms with van der Waals surface area (Å²) in [5.74, 6) is 0. The Hall–Kier alpha value is -1.91. The summed E-state index contributed by atoms with van der Waals surface area (Å²) in [6.45, 7) is 14.4. The van der Waals surface area contributed by atoms with Gasteiger partial charge < -0.3 is 0 Å². The van der Waals surface area contributed by atoms with Crippen molar-refractivity contribution in [1.29, 1.82) is 0 Å². The van der Waals surface area contributed by atoms with Gasteiger partial charge in [0.2, 0.25) is 0 Å². The maximum atomic E-state index is 2.39. The summed E-state index contributed by atoms with van der Waals surface area (Å²) in [6.07, 6.45) is 0. The van der Waals surface area contributed by atoms with Gasteiger partial charge in [-0.05, 0) is 22.3 Å². The first-order valence-electron chi connectivity index (χ1n) is 9.46. The van der Waals surface area contributed by atoms with Gasteiger partial charge in [-0.1, -0.05) is 122 Å². The van der Waals surface area contributed by atoms with Crippen LogP contribution in [0.5, 0.6) is 0 Å². The molecule has 0 aliphatic carbocycles. The summed E-state index contributed by atoms with van der Waals surface area (Å²) in [6, 6.07) is 27.3. The lowest BCUT2D eigenvalue weighted by Crippen LogP contribution is -2.37. The van der Waals surface area contributed by atoms with E-state index in [1.165, 1.54) is 32.6 Å². The quantitative estimate of drug-likeness (QED) is 0.483. The molecule has 0 aliphatic rings. The zero-order valence-electron chi connectivity index (χ0n) is 16.9. The first kappa shape index (κ1) is 18.9. The van der Waals surface area contributed by atoms with Crippen LogP contribution in [0.15, 0.2) is 72.8 Å². The molecule has 0 heterocycles. The van der Waals surface area contributed by atoms with Crippen molar-refractivity contribution in [3.8, 4) is 22.3 Å². The monoisotopic (exact) mass is 374 g/mol. The molecule has 0 saturated carbocycles. The molecule has 3 aromatic rings. The van der Waals surface area contributed by atoms with E-state index in [0.717, 1.165) is 0 Å². The molecule has 0 unspecified atom stereocenters. The minimum absolute atomic E-state index is 1.23. The summed E-state index contributed by atoms with van der Waals surface area (Å²) >= 11 is 0. The Morgan fingerprint density at radius 2 is 0.538 bits per heavy atom. The minimum atomic E-state index is -1.23. The molecule has 0 N–H and O–H groups in total. The van der Waals surface area contributed by atoms with Crippen molar-refractivity contribution in [2.75, 3.05) is 0 Å². The second kappa shape index (κ2) is 7.01. The molecule has 3 rings (SSSR count). The topological polar surface area (TPSA) is 0 Å². The van der Waals surface area contributed by atoms with Crippen molar-refractivity contribution in [3.05, 3.63) is 72.8 Å². The second-order valence-electron chi connectivity index (χ2n) is 9.23. The maximum Gasteiger partial charge on any atom is 0.0775 e. The summed E-state index contributed by atoms with van der Waals surface area (Å²) in [7, 11) is -2.45. The number of benzene rings is 3. The van der Waals surface area contributed by atoms with E-state index in [4.69, 9.17) is 0 Å². The van der Waals surface area contributed by atoms with Gasteiger partial charge in [0, 0.05) is 0 Å². The van der Waals surface area contributed by atoms with Crippen LogP contribution >= 0.6 is 0 Å². The molecule has 0 amide bonds. The fourth-order valence-electron chi connectivity index (χ4n) is 3.18. The SMILES string of the molecule is C[Si](C)(C)c1ccc(-c2ccc(-c3ccc([Si](C)(C)C)cc3)cc2)cc1. The van der Waals surface area contributed by atoms with Crippen molar-refractivity contribution >= 4 is 26.5 Å². The van der Waals surface area contributed by atoms with E-state index in [2.05, 4.69) is 112 Å². The van der Waals surface area contributed by atoms with E-state index >= 15 is 0 Å². The third-order valence-electron chi connectivity index (χ3n) is 5.05. The molecule has 134 valence electrons. The lowest BCUT2D eigenvalue weighted by molar-refractivity contribution is 1.59. The Balaban J connectivity index is 1.82. The van der Waals surface area contributed by atoms with Crippen LogP contribution in [0.1, 0.15) is 0 Å². The average molecular weight is 375 g/mol. The minimum Gasteiger partial charge on any atom is -0.0656 e. The first-order chi connectivity index (χ1) is 12.1. The van der Waals surface area contributed by atoms with Crippen molar-refractivity contribution in [1.82, 2.24) is 0 Å². The van der Waals surface area contributed by atoms with Gasteiger partial charge in [-0.25, -0.2) is 0 Å². The lowest BCUT2D eigenvalue weighted by Gasteiger charge is -2.17. The predicted molar refractivity (Wildman–Crippen MR) is 123 cm³/mol. The van der Waals surface area contributed by atoms with Crippen LogP contribution in [0, 0.1) is 0 Å². The van der Waals surface area contributed by atoms with Gasteiger partial charge in [0.15, 0.2) is 0 Å². The van der Waals surface area contributed by atoms with Crippen molar-refractivity contribution in [2.45, 2.75) is 39.3 Å². The Kier molecular flexibility index (Phi) is 5.09. The first-order valence-corrected chi connectivity index (χ1v) is 16.5. The van der Waals surface area contributed by atoms with Crippen LogP contribution in [0.2, 0.25) is 39.3 Å². The molecule has 0 aromatic heterocycles. The van der Waals surface area contributed by atoms with E-state index in [0.29, 0.717) is 0 Å². The van der Waals surface area contributed by atoms with Gasteiger partial charge in [0.1, 0.15) is 0 Å². The molecule has 26 heavy (non-hydrogen) atoms. The zero-order valence-corrected chi connectivity index (χ0v) is 18.9. The molecule has 0 atom stereocenters. The van der Waals surface area contributed by atoms with Gasteiger partial charge in [-0.2, -0.15) is 0 Å².